The summed E-state index contributed by atoms with van der Waals surface area (Å²) in [6.45, 7) is 2.15. The first-order valence-corrected chi connectivity index (χ1v) is 6.64. The fourth-order valence-corrected chi connectivity index (χ4v) is 1.63. The van der Waals surface area contributed by atoms with Crippen LogP contribution in [0.4, 0.5) is 0 Å². The van der Waals surface area contributed by atoms with Crippen LogP contribution < -0.4 is 0 Å². The van der Waals surface area contributed by atoms with E-state index in [0.717, 1.165) is 24.8 Å². The van der Waals surface area contributed by atoms with Gasteiger partial charge in [0, 0.05) is 18.4 Å². The second kappa shape index (κ2) is 8.93. The van der Waals surface area contributed by atoms with E-state index in [4.69, 9.17) is 0 Å². The molecule has 0 aliphatic heterocycles. The topological polar surface area (TPSA) is 43.1 Å². The maximum absolute atomic E-state index is 10.9. The summed E-state index contributed by atoms with van der Waals surface area (Å²) >= 11 is 0. The van der Waals surface area contributed by atoms with Crippen LogP contribution in [0.15, 0.2) is 36.0 Å². The third-order valence-electron chi connectivity index (χ3n) is 2.67. The molecule has 0 saturated carbocycles. The molecule has 3 heteroatoms. The van der Waals surface area contributed by atoms with Crippen LogP contribution in [-0.4, -0.2) is 4.92 Å². The average Bonchev–Trinajstić information content (AvgIpc) is 2.42. The van der Waals surface area contributed by atoms with Crippen molar-refractivity contribution in [3.63, 3.8) is 0 Å². The van der Waals surface area contributed by atoms with E-state index in [-0.39, 0.29) is 5.70 Å². The zero-order chi connectivity index (χ0) is 13.9. The number of hydrogen-bond acceptors (Lipinski definition) is 2. The van der Waals surface area contributed by atoms with E-state index in [2.05, 4.69) is 18.8 Å². The van der Waals surface area contributed by atoms with E-state index in [1.54, 1.807) is 0 Å². The van der Waals surface area contributed by atoms with Gasteiger partial charge >= 0.3 is 5.70 Å². The molecular formula is C16H19NO2. The zero-order valence-electron chi connectivity index (χ0n) is 11.3. The lowest BCUT2D eigenvalue weighted by Gasteiger charge is -1.93. The molecule has 1 aromatic carbocycles. The lowest BCUT2D eigenvalue weighted by Crippen LogP contribution is -1.95. The number of unbranched alkanes of at least 4 members (excludes halogenated alkanes) is 4. The molecule has 0 heterocycles. The first kappa shape index (κ1) is 15.0. The Morgan fingerprint density at radius 1 is 1.26 bits per heavy atom. The Balaban J connectivity index is 2.62. The Morgan fingerprint density at radius 2 is 2.00 bits per heavy atom. The Hall–Kier alpha value is -2.08. The second-order valence-electron chi connectivity index (χ2n) is 4.31. The molecule has 0 amide bonds. The van der Waals surface area contributed by atoms with Crippen LogP contribution in [0.2, 0.25) is 0 Å². The van der Waals surface area contributed by atoms with Gasteiger partial charge in [0.05, 0.1) is 4.92 Å². The molecule has 0 atom stereocenters. The van der Waals surface area contributed by atoms with Gasteiger partial charge in [0.2, 0.25) is 0 Å². The molecule has 19 heavy (non-hydrogen) atoms. The number of rotatable bonds is 6. The van der Waals surface area contributed by atoms with Crippen molar-refractivity contribution in [2.24, 2.45) is 0 Å². The van der Waals surface area contributed by atoms with Crippen molar-refractivity contribution in [1.29, 1.82) is 0 Å². The van der Waals surface area contributed by atoms with Gasteiger partial charge in [-0.3, -0.25) is 10.1 Å². The summed E-state index contributed by atoms with van der Waals surface area (Å²) in [4.78, 5) is 10.5. The standard InChI is InChI=1S/C16H19NO2/c1-2-3-4-5-6-10-13-16(17(18)19)14-15-11-8-7-9-12-15/h7-9,11-12,14H,2-6H2,1H3/b16-14+. The van der Waals surface area contributed by atoms with E-state index >= 15 is 0 Å². The third kappa shape index (κ3) is 6.42. The Kier molecular flexibility index (Phi) is 7.04. The van der Waals surface area contributed by atoms with Crippen molar-refractivity contribution in [1.82, 2.24) is 0 Å². The zero-order valence-corrected chi connectivity index (χ0v) is 11.3. The maximum Gasteiger partial charge on any atom is 0.320 e. The van der Waals surface area contributed by atoms with Crippen LogP contribution in [0.1, 0.15) is 44.6 Å². The molecule has 1 rings (SSSR count). The maximum atomic E-state index is 10.9. The molecular weight excluding hydrogens is 238 g/mol. The van der Waals surface area contributed by atoms with Crippen molar-refractivity contribution >= 4 is 6.08 Å². The van der Waals surface area contributed by atoms with Crippen molar-refractivity contribution < 1.29 is 4.92 Å². The van der Waals surface area contributed by atoms with E-state index in [1.807, 2.05) is 30.3 Å². The Morgan fingerprint density at radius 3 is 2.63 bits per heavy atom. The van der Waals surface area contributed by atoms with Crippen LogP contribution >= 0.6 is 0 Å². The highest BCUT2D eigenvalue weighted by molar-refractivity contribution is 5.55. The monoisotopic (exact) mass is 257 g/mol. The van der Waals surface area contributed by atoms with Gasteiger partial charge in [0.1, 0.15) is 0 Å². The van der Waals surface area contributed by atoms with Gasteiger partial charge in [-0.1, -0.05) is 62.4 Å². The van der Waals surface area contributed by atoms with E-state index in [9.17, 15) is 10.1 Å². The first-order chi connectivity index (χ1) is 9.24. The number of benzene rings is 1. The highest BCUT2D eigenvalue weighted by Gasteiger charge is 2.05. The van der Waals surface area contributed by atoms with E-state index < -0.39 is 4.92 Å². The Bertz CT molecular complexity index is 480. The minimum absolute atomic E-state index is 0.0401. The summed E-state index contributed by atoms with van der Waals surface area (Å²) in [5, 5.41) is 10.9. The Labute approximate surface area is 114 Å². The predicted octanol–water partition coefficient (Wildman–Crippen LogP) is 4.28. The minimum Gasteiger partial charge on any atom is -0.258 e. The van der Waals surface area contributed by atoms with Crippen LogP contribution in [0.3, 0.4) is 0 Å². The number of nitro groups is 1. The van der Waals surface area contributed by atoms with Gasteiger partial charge in [-0.25, -0.2) is 0 Å². The van der Waals surface area contributed by atoms with Gasteiger partial charge in [-0.15, -0.1) is 0 Å². The molecule has 0 N–H and O–H groups in total. The number of hydrogen-bond donors (Lipinski definition) is 0. The van der Waals surface area contributed by atoms with E-state index in [1.165, 1.54) is 18.9 Å². The third-order valence-corrected chi connectivity index (χ3v) is 2.67. The fourth-order valence-electron chi connectivity index (χ4n) is 1.63. The molecule has 0 aliphatic rings. The SMILES string of the molecule is CCCCCCC#C/C(=C\c1ccccc1)[N+](=O)[O-]. The van der Waals surface area contributed by atoms with Gasteiger partial charge in [0.15, 0.2) is 0 Å². The first-order valence-electron chi connectivity index (χ1n) is 6.64. The van der Waals surface area contributed by atoms with Crippen LogP contribution in [0.5, 0.6) is 0 Å². The number of nitrogens with zero attached hydrogens (tertiary/aromatic N) is 1. The van der Waals surface area contributed by atoms with Gasteiger partial charge in [0.25, 0.3) is 0 Å². The smallest absolute Gasteiger partial charge is 0.258 e. The van der Waals surface area contributed by atoms with Crippen molar-refractivity contribution in [2.45, 2.75) is 39.0 Å². The molecule has 0 unspecified atom stereocenters. The summed E-state index contributed by atoms with van der Waals surface area (Å²) in [6, 6.07) is 9.23. The summed E-state index contributed by atoms with van der Waals surface area (Å²) in [6.07, 6.45) is 6.77. The van der Waals surface area contributed by atoms with Gasteiger partial charge in [-0.2, -0.15) is 0 Å². The summed E-state index contributed by atoms with van der Waals surface area (Å²) < 4.78 is 0. The van der Waals surface area contributed by atoms with Crippen molar-refractivity contribution in [2.75, 3.05) is 0 Å². The summed E-state index contributed by atoms with van der Waals surface area (Å²) in [5.41, 5.74) is 0.760. The molecule has 0 aromatic heterocycles. The summed E-state index contributed by atoms with van der Waals surface area (Å²) in [5.74, 6) is 5.54. The molecule has 0 bridgehead atoms. The molecule has 3 nitrogen and oxygen atoms in total. The molecule has 0 radical (unpaired) electrons. The van der Waals surface area contributed by atoms with Gasteiger partial charge < -0.3 is 0 Å². The highest BCUT2D eigenvalue weighted by atomic mass is 16.6. The van der Waals surface area contributed by atoms with Crippen LogP contribution in [0.25, 0.3) is 6.08 Å². The van der Waals surface area contributed by atoms with Crippen molar-refractivity contribution in [3.05, 3.63) is 51.7 Å². The molecule has 0 saturated heterocycles. The second-order valence-corrected chi connectivity index (χ2v) is 4.31. The van der Waals surface area contributed by atoms with Crippen LogP contribution in [-0.2, 0) is 0 Å². The minimum atomic E-state index is -0.425. The predicted molar refractivity (Wildman–Crippen MR) is 77.9 cm³/mol. The molecule has 100 valence electrons. The largest absolute Gasteiger partial charge is 0.320 e. The average molecular weight is 257 g/mol. The highest BCUT2D eigenvalue weighted by Crippen LogP contribution is 2.07. The lowest BCUT2D eigenvalue weighted by atomic mass is 10.1. The molecule has 1 aromatic rings. The van der Waals surface area contributed by atoms with Gasteiger partial charge in [-0.05, 0) is 12.0 Å². The normalized spacial score (nSPS) is 10.7. The molecule has 0 fully saturated rings. The molecule has 0 spiro atoms. The quantitative estimate of drug-likeness (QED) is 0.330. The molecule has 0 aliphatic carbocycles. The number of allylic oxidation sites excluding steroid dienone is 1. The van der Waals surface area contributed by atoms with Crippen molar-refractivity contribution in [3.8, 4) is 11.8 Å². The summed E-state index contributed by atoms with van der Waals surface area (Å²) in [7, 11) is 0. The van der Waals surface area contributed by atoms with Crippen LogP contribution in [0, 0.1) is 22.0 Å². The fraction of sp³-hybridized carbons (Fsp3) is 0.375. The van der Waals surface area contributed by atoms with E-state index in [0.29, 0.717) is 0 Å². The lowest BCUT2D eigenvalue weighted by molar-refractivity contribution is -0.415.